The first-order chi connectivity index (χ1) is 9.10. The third-order valence-corrected chi connectivity index (χ3v) is 3.12. The highest BCUT2D eigenvalue weighted by atomic mass is 35.5. The normalized spacial score (nSPS) is 10.3. The molecular weight excluding hydrogens is 260 g/mol. The lowest BCUT2D eigenvalue weighted by molar-refractivity contribution is 0.892. The van der Waals surface area contributed by atoms with E-state index >= 15 is 0 Å². The molecule has 0 aliphatic heterocycles. The zero-order valence-corrected chi connectivity index (χ0v) is 12.1. The van der Waals surface area contributed by atoms with E-state index in [9.17, 15) is 0 Å². The molecule has 2 aromatic rings. The summed E-state index contributed by atoms with van der Waals surface area (Å²) in [5.74, 6) is 1.29. The van der Waals surface area contributed by atoms with Gasteiger partial charge < -0.3 is 10.2 Å². The van der Waals surface area contributed by atoms with Crippen LogP contribution in [-0.4, -0.2) is 24.1 Å². The molecule has 0 saturated carbocycles. The summed E-state index contributed by atoms with van der Waals surface area (Å²) in [7, 11) is 3.75. The summed E-state index contributed by atoms with van der Waals surface area (Å²) in [6.07, 6.45) is 1.61. The molecule has 0 atom stereocenters. The standard InChI is InChI=1S/C14H17ClN4/c1-10-4-6-11(7-5-10)9-19(3)13-12(15)8-17-14(16-2)18-13/h4-8H,9H2,1-3H3,(H,16,17,18). The summed E-state index contributed by atoms with van der Waals surface area (Å²) in [6.45, 7) is 2.83. The Bertz CT molecular complexity index is 554. The summed E-state index contributed by atoms with van der Waals surface area (Å²) in [5.41, 5.74) is 2.47. The van der Waals surface area contributed by atoms with E-state index in [2.05, 4.69) is 46.5 Å². The Morgan fingerprint density at radius 1 is 1.26 bits per heavy atom. The van der Waals surface area contributed by atoms with Crippen molar-refractivity contribution in [3.8, 4) is 0 Å². The number of benzene rings is 1. The minimum Gasteiger partial charge on any atom is -0.357 e. The van der Waals surface area contributed by atoms with Gasteiger partial charge in [0.1, 0.15) is 5.02 Å². The van der Waals surface area contributed by atoms with Crippen molar-refractivity contribution >= 4 is 23.4 Å². The molecular formula is C14H17ClN4. The van der Waals surface area contributed by atoms with E-state index in [0.29, 0.717) is 11.0 Å². The highest BCUT2D eigenvalue weighted by Gasteiger charge is 2.10. The minimum atomic E-state index is 0.550. The molecule has 2 rings (SSSR count). The summed E-state index contributed by atoms with van der Waals surface area (Å²) in [6, 6.07) is 8.42. The van der Waals surface area contributed by atoms with Crippen LogP contribution in [-0.2, 0) is 6.54 Å². The Hall–Kier alpha value is -1.81. The van der Waals surface area contributed by atoms with Gasteiger partial charge in [0, 0.05) is 20.6 Å². The maximum absolute atomic E-state index is 6.15. The van der Waals surface area contributed by atoms with Crippen LogP contribution in [0.15, 0.2) is 30.5 Å². The summed E-state index contributed by atoms with van der Waals surface area (Å²) < 4.78 is 0. The molecule has 0 radical (unpaired) electrons. The van der Waals surface area contributed by atoms with E-state index in [0.717, 1.165) is 12.4 Å². The lowest BCUT2D eigenvalue weighted by Crippen LogP contribution is -2.19. The van der Waals surface area contributed by atoms with Crippen molar-refractivity contribution in [1.82, 2.24) is 9.97 Å². The van der Waals surface area contributed by atoms with Gasteiger partial charge in [0.15, 0.2) is 5.82 Å². The molecule has 5 heteroatoms. The van der Waals surface area contributed by atoms with E-state index in [-0.39, 0.29) is 0 Å². The summed E-state index contributed by atoms with van der Waals surface area (Å²) >= 11 is 6.15. The van der Waals surface area contributed by atoms with E-state index in [1.54, 1.807) is 13.2 Å². The van der Waals surface area contributed by atoms with Gasteiger partial charge in [-0.15, -0.1) is 0 Å². The third kappa shape index (κ3) is 3.35. The van der Waals surface area contributed by atoms with Crippen LogP contribution in [0.5, 0.6) is 0 Å². The first-order valence-corrected chi connectivity index (χ1v) is 6.45. The maximum atomic E-state index is 6.15. The van der Waals surface area contributed by atoms with Gasteiger partial charge in [-0.1, -0.05) is 41.4 Å². The highest BCUT2D eigenvalue weighted by molar-refractivity contribution is 6.32. The van der Waals surface area contributed by atoms with Gasteiger partial charge in [-0.05, 0) is 12.5 Å². The fourth-order valence-electron chi connectivity index (χ4n) is 1.79. The van der Waals surface area contributed by atoms with Crippen molar-refractivity contribution in [3.05, 3.63) is 46.6 Å². The molecule has 0 amide bonds. The second-order valence-electron chi connectivity index (χ2n) is 4.46. The maximum Gasteiger partial charge on any atom is 0.224 e. The fourth-order valence-corrected chi connectivity index (χ4v) is 2.02. The molecule has 19 heavy (non-hydrogen) atoms. The van der Waals surface area contributed by atoms with Crippen molar-refractivity contribution in [1.29, 1.82) is 0 Å². The van der Waals surface area contributed by atoms with Gasteiger partial charge in [-0.25, -0.2) is 4.98 Å². The molecule has 1 N–H and O–H groups in total. The van der Waals surface area contributed by atoms with Gasteiger partial charge in [-0.2, -0.15) is 4.98 Å². The first kappa shape index (κ1) is 13.6. The van der Waals surface area contributed by atoms with Gasteiger partial charge in [0.2, 0.25) is 5.95 Å². The molecule has 0 saturated heterocycles. The van der Waals surface area contributed by atoms with Gasteiger partial charge in [0.25, 0.3) is 0 Å². The van der Waals surface area contributed by atoms with Gasteiger partial charge >= 0.3 is 0 Å². The zero-order chi connectivity index (χ0) is 13.8. The number of rotatable bonds is 4. The quantitative estimate of drug-likeness (QED) is 0.932. The average molecular weight is 277 g/mol. The number of hydrogen-bond acceptors (Lipinski definition) is 4. The lowest BCUT2D eigenvalue weighted by Gasteiger charge is -2.19. The Morgan fingerprint density at radius 3 is 2.58 bits per heavy atom. The molecule has 0 spiro atoms. The van der Waals surface area contributed by atoms with Crippen molar-refractivity contribution in [2.75, 3.05) is 24.3 Å². The molecule has 100 valence electrons. The molecule has 0 bridgehead atoms. The second kappa shape index (κ2) is 5.89. The van der Waals surface area contributed by atoms with Crippen molar-refractivity contribution in [2.45, 2.75) is 13.5 Å². The Morgan fingerprint density at radius 2 is 1.95 bits per heavy atom. The summed E-state index contributed by atoms with van der Waals surface area (Å²) in [5, 5.41) is 3.46. The van der Waals surface area contributed by atoms with Crippen molar-refractivity contribution in [2.24, 2.45) is 0 Å². The monoisotopic (exact) mass is 276 g/mol. The van der Waals surface area contributed by atoms with Gasteiger partial charge in [-0.3, -0.25) is 0 Å². The third-order valence-electron chi connectivity index (χ3n) is 2.85. The fraction of sp³-hybridized carbons (Fsp3) is 0.286. The van der Waals surface area contributed by atoms with Gasteiger partial charge in [0.05, 0.1) is 6.20 Å². The van der Waals surface area contributed by atoms with E-state index in [1.165, 1.54) is 11.1 Å². The molecule has 1 aromatic heterocycles. The highest BCUT2D eigenvalue weighted by Crippen LogP contribution is 2.24. The average Bonchev–Trinajstić information content (AvgIpc) is 2.42. The molecule has 0 aliphatic carbocycles. The summed E-state index contributed by atoms with van der Waals surface area (Å²) in [4.78, 5) is 10.5. The number of aromatic nitrogens is 2. The first-order valence-electron chi connectivity index (χ1n) is 6.07. The number of halogens is 1. The Labute approximate surface area is 118 Å². The predicted molar refractivity (Wildman–Crippen MR) is 79.9 cm³/mol. The lowest BCUT2D eigenvalue weighted by atomic mass is 10.1. The van der Waals surface area contributed by atoms with Crippen LogP contribution >= 0.6 is 11.6 Å². The number of aryl methyl sites for hydroxylation is 1. The van der Waals surface area contributed by atoms with Crippen LogP contribution in [0.3, 0.4) is 0 Å². The van der Waals surface area contributed by atoms with Crippen LogP contribution in [0.1, 0.15) is 11.1 Å². The van der Waals surface area contributed by atoms with E-state index in [1.807, 2.05) is 11.9 Å². The minimum absolute atomic E-state index is 0.550. The molecule has 0 unspecified atom stereocenters. The smallest absolute Gasteiger partial charge is 0.224 e. The van der Waals surface area contributed by atoms with Crippen molar-refractivity contribution in [3.63, 3.8) is 0 Å². The Kier molecular flexibility index (Phi) is 4.22. The van der Waals surface area contributed by atoms with Crippen LogP contribution < -0.4 is 10.2 Å². The number of hydrogen-bond donors (Lipinski definition) is 1. The van der Waals surface area contributed by atoms with Crippen LogP contribution in [0, 0.1) is 6.92 Å². The van der Waals surface area contributed by atoms with Crippen molar-refractivity contribution < 1.29 is 0 Å². The number of anilines is 2. The zero-order valence-electron chi connectivity index (χ0n) is 11.3. The number of nitrogens with zero attached hydrogens (tertiary/aromatic N) is 3. The van der Waals surface area contributed by atoms with Crippen LogP contribution in [0.2, 0.25) is 5.02 Å². The number of nitrogens with one attached hydrogen (secondary N) is 1. The van der Waals surface area contributed by atoms with E-state index < -0.39 is 0 Å². The molecule has 4 nitrogen and oxygen atoms in total. The van der Waals surface area contributed by atoms with Crippen LogP contribution in [0.4, 0.5) is 11.8 Å². The second-order valence-corrected chi connectivity index (χ2v) is 4.86. The van der Waals surface area contributed by atoms with Crippen LogP contribution in [0.25, 0.3) is 0 Å². The molecule has 0 fully saturated rings. The Balaban J connectivity index is 2.19. The predicted octanol–water partition coefficient (Wildman–Crippen LogP) is 3.12. The molecule has 0 aliphatic rings. The molecule has 1 heterocycles. The van der Waals surface area contributed by atoms with E-state index in [4.69, 9.17) is 11.6 Å². The molecule has 1 aromatic carbocycles. The topological polar surface area (TPSA) is 41.1 Å². The largest absolute Gasteiger partial charge is 0.357 e. The SMILES string of the molecule is CNc1ncc(Cl)c(N(C)Cc2ccc(C)cc2)n1.